The maximum absolute atomic E-state index is 4.76. The van der Waals surface area contributed by atoms with Crippen molar-refractivity contribution in [3.8, 4) is 16.9 Å². The SMILES string of the molecule is c1ccn(-c2cncc(-c3cn(Cc4cn5cc(CNC67CC(C6)C7)ccc5n4)nn3)c2)c1. The Labute approximate surface area is 190 Å². The number of fused-ring (bicyclic) bond motifs is 1. The van der Waals surface area contributed by atoms with Crippen LogP contribution in [0.4, 0.5) is 0 Å². The van der Waals surface area contributed by atoms with Gasteiger partial charge in [-0.15, -0.1) is 5.10 Å². The minimum atomic E-state index is 0.446. The minimum absolute atomic E-state index is 0.446. The molecule has 0 unspecified atom stereocenters. The largest absolute Gasteiger partial charge is 0.322 e. The van der Waals surface area contributed by atoms with Crippen molar-refractivity contribution in [3.63, 3.8) is 0 Å². The molecular formula is C25H24N8. The summed E-state index contributed by atoms with van der Waals surface area (Å²) in [4.78, 5) is 9.13. The monoisotopic (exact) mass is 436 g/mol. The molecule has 3 aliphatic rings. The van der Waals surface area contributed by atoms with Gasteiger partial charge < -0.3 is 14.3 Å². The van der Waals surface area contributed by atoms with Crippen molar-refractivity contribution in [1.29, 1.82) is 0 Å². The van der Waals surface area contributed by atoms with E-state index in [2.05, 4.69) is 55.6 Å². The van der Waals surface area contributed by atoms with Gasteiger partial charge in [0.15, 0.2) is 0 Å². The first kappa shape index (κ1) is 18.8. The number of nitrogens with zero attached hydrogens (tertiary/aromatic N) is 7. The fraction of sp³-hybridized carbons (Fsp3) is 0.280. The molecule has 0 aliphatic heterocycles. The molecular weight excluding hydrogens is 412 g/mol. The van der Waals surface area contributed by atoms with Crippen LogP contribution in [0.3, 0.4) is 0 Å². The summed E-state index contributed by atoms with van der Waals surface area (Å²) in [5, 5.41) is 12.4. The first-order valence-corrected chi connectivity index (χ1v) is 11.4. The summed E-state index contributed by atoms with van der Waals surface area (Å²) in [6, 6.07) is 10.3. The number of nitrogens with one attached hydrogen (secondary N) is 1. The van der Waals surface area contributed by atoms with Crippen LogP contribution in [0, 0.1) is 5.92 Å². The minimum Gasteiger partial charge on any atom is -0.322 e. The molecule has 3 aliphatic carbocycles. The molecule has 5 heterocycles. The van der Waals surface area contributed by atoms with Crippen LogP contribution in [0.25, 0.3) is 22.6 Å². The maximum atomic E-state index is 4.76. The molecule has 0 radical (unpaired) electrons. The van der Waals surface area contributed by atoms with Gasteiger partial charge in [-0.3, -0.25) is 4.98 Å². The molecule has 0 spiro atoms. The number of hydrogen-bond acceptors (Lipinski definition) is 5. The van der Waals surface area contributed by atoms with Crippen LogP contribution in [0.1, 0.15) is 30.5 Å². The average molecular weight is 437 g/mol. The van der Waals surface area contributed by atoms with Gasteiger partial charge in [0, 0.05) is 48.6 Å². The molecule has 0 aromatic carbocycles. The Balaban J connectivity index is 1.07. The molecule has 0 atom stereocenters. The van der Waals surface area contributed by atoms with Crippen molar-refractivity contribution < 1.29 is 0 Å². The summed E-state index contributed by atoms with van der Waals surface area (Å²) >= 11 is 0. The van der Waals surface area contributed by atoms with E-state index < -0.39 is 0 Å². The number of imidazole rings is 1. The first-order chi connectivity index (χ1) is 16.2. The number of hydrogen-bond donors (Lipinski definition) is 1. The summed E-state index contributed by atoms with van der Waals surface area (Å²) < 4.78 is 5.96. The van der Waals surface area contributed by atoms with Crippen LogP contribution >= 0.6 is 0 Å². The van der Waals surface area contributed by atoms with Crippen LogP contribution in [0.15, 0.2) is 73.7 Å². The summed E-state index contributed by atoms with van der Waals surface area (Å²) in [5.41, 5.74) is 6.35. The molecule has 5 aromatic heterocycles. The van der Waals surface area contributed by atoms with E-state index in [0.717, 1.165) is 40.7 Å². The van der Waals surface area contributed by atoms with Gasteiger partial charge in [0.25, 0.3) is 0 Å². The predicted molar refractivity (Wildman–Crippen MR) is 124 cm³/mol. The third-order valence-corrected chi connectivity index (χ3v) is 7.05. The van der Waals surface area contributed by atoms with E-state index in [0.29, 0.717) is 12.1 Å². The third-order valence-electron chi connectivity index (χ3n) is 7.05. The Morgan fingerprint density at radius 2 is 1.91 bits per heavy atom. The Morgan fingerprint density at radius 3 is 2.73 bits per heavy atom. The van der Waals surface area contributed by atoms with Crippen molar-refractivity contribution in [2.75, 3.05) is 0 Å². The zero-order valence-corrected chi connectivity index (χ0v) is 18.2. The van der Waals surface area contributed by atoms with E-state index >= 15 is 0 Å². The van der Waals surface area contributed by atoms with Crippen molar-refractivity contribution in [2.45, 2.75) is 37.9 Å². The molecule has 1 N–H and O–H groups in total. The predicted octanol–water partition coefficient (Wildman–Crippen LogP) is 3.47. The highest BCUT2D eigenvalue weighted by atomic mass is 15.4. The highest BCUT2D eigenvalue weighted by Crippen LogP contribution is 2.56. The van der Waals surface area contributed by atoms with E-state index in [9.17, 15) is 0 Å². The van der Waals surface area contributed by atoms with Crippen molar-refractivity contribution >= 4 is 5.65 Å². The zero-order valence-electron chi connectivity index (χ0n) is 18.2. The van der Waals surface area contributed by atoms with E-state index in [1.807, 2.05) is 52.4 Å². The maximum Gasteiger partial charge on any atom is 0.137 e. The van der Waals surface area contributed by atoms with Crippen molar-refractivity contribution in [3.05, 3.63) is 85.0 Å². The van der Waals surface area contributed by atoms with E-state index in [1.165, 1.54) is 24.8 Å². The zero-order chi connectivity index (χ0) is 21.8. The van der Waals surface area contributed by atoms with Gasteiger partial charge in [-0.25, -0.2) is 9.67 Å². The van der Waals surface area contributed by atoms with Crippen molar-refractivity contribution in [1.82, 2.24) is 39.2 Å². The molecule has 8 rings (SSSR count). The van der Waals surface area contributed by atoms with E-state index in [-0.39, 0.29) is 0 Å². The lowest BCUT2D eigenvalue weighted by molar-refractivity contribution is -0.0520. The quantitative estimate of drug-likeness (QED) is 0.423. The number of pyridine rings is 2. The second-order valence-corrected chi connectivity index (χ2v) is 9.47. The molecule has 0 saturated heterocycles. The normalized spacial score (nSPS) is 21.2. The molecule has 164 valence electrons. The van der Waals surface area contributed by atoms with Gasteiger partial charge in [-0.1, -0.05) is 11.3 Å². The molecule has 33 heavy (non-hydrogen) atoms. The summed E-state index contributed by atoms with van der Waals surface area (Å²) in [7, 11) is 0. The van der Waals surface area contributed by atoms with Gasteiger partial charge >= 0.3 is 0 Å². The first-order valence-electron chi connectivity index (χ1n) is 11.4. The van der Waals surface area contributed by atoms with E-state index in [1.54, 1.807) is 0 Å². The van der Waals surface area contributed by atoms with Crippen molar-refractivity contribution in [2.24, 2.45) is 5.92 Å². The van der Waals surface area contributed by atoms with Gasteiger partial charge in [-0.05, 0) is 55.0 Å². The Hall–Kier alpha value is -3.78. The van der Waals surface area contributed by atoms with Gasteiger partial charge in [0.1, 0.15) is 11.3 Å². The Bertz CT molecular complexity index is 1430. The molecule has 5 aromatic rings. The smallest absolute Gasteiger partial charge is 0.137 e. The van der Waals surface area contributed by atoms with Crippen LogP contribution in [0.5, 0.6) is 0 Å². The average Bonchev–Trinajstić information content (AvgIpc) is 3.52. The van der Waals surface area contributed by atoms with Gasteiger partial charge in [0.05, 0.1) is 30.3 Å². The molecule has 3 fully saturated rings. The number of rotatable bonds is 7. The fourth-order valence-corrected chi connectivity index (χ4v) is 5.15. The lowest BCUT2D eigenvalue weighted by Crippen LogP contribution is -2.66. The third kappa shape index (κ3) is 3.34. The van der Waals surface area contributed by atoms with E-state index in [4.69, 9.17) is 4.98 Å². The molecule has 8 nitrogen and oxygen atoms in total. The van der Waals surface area contributed by atoms with Gasteiger partial charge in [-0.2, -0.15) is 0 Å². The summed E-state index contributed by atoms with van der Waals surface area (Å²) in [6.45, 7) is 1.48. The van der Waals surface area contributed by atoms with Crippen LogP contribution in [-0.4, -0.2) is 39.5 Å². The Morgan fingerprint density at radius 1 is 1.03 bits per heavy atom. The summed E-state index contributed by atoms with van der Waals surface area (Å²) in [5.74, 6) is 0.994. The highest BCUT2D eigenvalue weighted by molar-refractivity contribution is 5.59. The number of aromatic nitrogens is 7. The Kier molecular flexibility index (Phi) is 4.04. The second kappa shape index (κ2) is 7.11. The summed E-state index contributed by atoms with van der Waals surface area (Å²) in [6.07, 6.45) is 17.9. The standard InChI is InChI=1S/C25H24N8/c1-2-6-31(5-1)22-7-20(12-26-13-22)23-17-33(30-29-23)16-21-15-32-14-18(3-4-24(32)28-21)11-27-25-8-19(9-25)10-25/h1-7,12-15,17,19,27H,8-11,16H2. The molecule has 8 heteroatoms. The molecule has 3 saturated carbocycles. The van der Waals surface area contributed by atoms with Crippen LogP contribution in [0.2, 0.25) is 0 Å². The highest BCUT2D eigenvalue weighted by Gasteiger charge is 2.55. The topological polar surface area (TPSA) is 77.9 Å². The second-order valence-electron chi connectivity index (χ2n) is 9.47. The van der Waals surface area contributed by atoms with Gasteiger partial charge in [0.2, 0.25) is 0 Å². The molecule has 2 bridgehead atoms. The lowest BCUT2D eigenvalue weighted by Gasteiger charge is -2.62. The fourth-order valence-electron chi connectivity index (χ4n) is 5.15. The van der Waals surface area contributed by atoms with Crippen LogP contribution < -0.4 is 5.32 Å². The lowest BCUT2D eigenvalue weighted by atomic mass is 9.50. The van der Waals surface area contributed by atoms with Crippen LogP contribution in [-0.2, 0) is 13.1 Å². The molecule has 0 amide bonds.